The van der Waals surface area contributed by atoms with Crippen LogP contribution < -0.4 is 9.64 Å². The van der Waals surface area contributed by atoms with Crippen LogP contribution in [-0.2, 0) is 16.0 Å². The molecule has 1 aliphatic rings. The fourth-order valence-electron chi connectivity index (χ4n) is 4.13. The number of benzene rings is 2. The Hall–Kier alpha value is -3.80. The molecule has 1 N–H and O–H groups in total. The molecule has 0 radical (unpaired) electrons. The molecule has 2 heterocycles. The number of anilines is 1. The predicted molar refractivity (Wildman–Crippen MR) is 130 cm³/mol. The average molecular weight is 554 g/mol. The summed E-state index contributed by atoms with van der Waals surface area (Å²) in [5, 5.41) is 13.5. The lowest BCUT2D eigenvalue weighted by Gasteiger charge is -2.23. The normalized spacial score (nSPS) is 15.3. The first kappa shape index (κ1) is 27.2. The molecular formula is C25H23ClF3N3O6. The number of ether oxygens (including phenoxy) is 2. The lowest BCUT2D eigenvalue weighted by Crippen LogP contribution is -2.37. The van der Waals surface area contributed by atoms with Gasteiger partial charge in [-0.25, -0.2) is 4.79 Å². The lowest BCUT2D eigenvalue weighted by molar-refractivity contribution is -0.274. The molecule has 38 heavy (non-hydrogen) atoms. The number of carboxylic acid groups (broad SMARTS) is 1. The van der Waals surface area contributed by atoms with Gasteiger partial charge in [-0.15, -0.1) is 13.2 Å². The summed E-state index contributed by atoms with van der Waals surface area (Å²) in [6.45, 7) is 5.27. The molecule has 1 amide bonds. The molecule has 13 heteroatoms. The van der Waals surface area contributed by atoms with Crippen LogP contribution in [0.15, 0.2) is 40.9 Å². The van der Waals surface area contributed by atoms with Gasteiger partial charge in [0.15, 0.2) is 0 Å². The Morgan fingerprint density at radius 2 is 1.87 bits per heavy atom. The van der Waals surface area contributed by atoms with Gasteiger partial charge in [0.2, 0.25) is 5.82 Å². The van der Waals surface area contributed by atoms with Gasteiger partial charge in [0, 0.05) is 23.6 Å². The number of aromatic nitrogens is 2. The summed E-state index contributed by atoms with van der Waals surface area (Å²) in [7, 11) is 0. The van der Waals surface area contributed by atoms with Crippen LogP contribution in [0.1, 0.15) is 39.2 Å². The molecule has 3 aromatic rings. The first-order valence-corrected chi connectivity index (χ1v) is 11.8. The van der Waals surface area contributed by atoms with Crippen LogP contribution in [-0.4, -0.2) is 45.3 Å². The van der Waals surface area contributed by atoms with E-state index in [2.05, 4.69) is 14.9 Å². The molecule has 0 bridgehead atoms. The van der Waals surface area contributed by atoms with Crippen molar-refractivity contribution in [1.29, 1.82) is 0 Å². The molecule has 0 fully saturated rings. The Balaban J connectivity index is 1.54. The Kier molecular flexibility index (Phi) is 7.29. The van der Waals surface area contributed by atoms with E-state index in [-0.39, 0.29) is 35.1 Å². The number of amides is 1. The van der Waals surface area contributed by atoms with Crippen LogP contribution in [0.25, 0.3) is 22.8 Å². The number of halogens is 4. The Morgan fingerprint density at radius 1 is 1.16 bits per heavy atom. The zero-order valence-corrected chi connectivity index (χ0v) is 21.3. The van der Waals surface area contributed by atoms with E-state index in [9.17, 15) is 27.9 Å². The zero-order chi connectivity index (χ0) is 27.8. The van der Waals surface area contributed by atoms with Crippen molar-refractivity contribution in [1.82, 2.24) is 10.1 Å². The van der Waals surface area contributed by atoms with E-state index in [1.54, 1.807) is 39.0 Å². The van der Waals surface area contributed by atoms with Crippen LogP contribution in [0.3, 0.4) is 0 Å². The summed E-state index contributed by atoms with van der Waals surface area (Å²) in [6, 6.07) is 8.14. The van der Waals surface area contributed by atoms with Crippen LogP contribution >= 0.6 is 11.6 Å². The van der Waals surface area contributed by atoms with Crippen molar-refractivity contribution in [2.24, 2.45) is 0 Å². The molecule has 0 saturated carbocycles. The van der Waals surface area contributed by atoms with Crippen LogP contribution in [0.4, 0.5) is 23.7 Å². The fourth-order valence-corrected chi connectivity index (χ4v) is 4.29. The minimum atomic E-state index is -4.93. The van der Waals surface area contributed by atoms with Crippen LogP contribution in [0.2, 0.25) is 5.02 Å². The molecule has 2 aromatic carbocycles. The largest absolute Gasteiger partial charge is 0.573 e. The molecule has 202 valence electrons. The summed E-state index contributed by atoms with van der Waals surface area (Å²) in [5.74, 6) is -0.938. The molecule has 0 spiro atoms. The van der Waals surface area contributed by atoms with E-state index >= 15 is 0 Å². The van der Waals surface area contributed by atoms with Crippen LogP contribution in [0.5, 0.6) is 5.75 Å². The number of carbonyl (C=O) groups is 2. The monoisotopic (exact) mass is 553 g/mol. The molecular weight excluding hydrogens is 531 g/mol. The SMILES string of the molecule is CC(C)(C)OC(=O)CCC1Cc2cc(-c3noc(-c4ccc(Cl)c(OC(F)(F)F)c4)n3)ccc2N1C(=O)O. The fraction of sp³-hybridized carbons (Fsp3) is 0.360. The summed E-state index contributed by atoms with van der Waals surface area (Å²) in [5.41, 5.74) is 1.22. The zero-order valence-electron chi connectivity index (χ0n) is 20.5. The van der Waals surface area contributed by atoms with Crippen molar-refractivity contribution < 1.29 is 41.9 Å². The van der Waals surface area contributed by atoms with Crippen molar-refractivity contribution in [2.45, 2.75) is 58.0 Å². The van der Waals surface area contributed by atoms with Gasteiger partial charge in [-0.1, -0.05) is 16.8 Å². The van der Waals surface area contributed by atoms with Gasteiger partial charge >= 0.3 is 18.4 Å². The number of carbonyl (C=O) groups excluding carboxylic acids is 1. The maximum absolute atomic E-state index is 12.7. The molecule has 9 nitrogen and oxygen atoms in total. The second kappa shape index (κ2) is 10.2. The minimum Gasteiger partial charge on any atom is -0.465 e. The van der Waals surface area contributed by atoms with E-state index in [1.807, 2.05) is 0 Å². The van der Waals surface area contributed by atoms with Gasteiger partial charge in [0.05, 0.1) is 10.7 Å². The number of esters is 1. The number of rotatable bonds is 6. The molecule has 1 aromatic heterocycles. The number of hydrogen-bond acceptors (Lipinski definition) is 7. The second-order valence-electron chi connectivity index (χ2n) is 9.60. The Morgan fingerprint density at radius 3 is 2.53 bits per heavy atom. The first-order valence-electron chi connectivity index (χ1n) is 11.5. The maximum atomic E-state index is 12.7. The van der Waals surface area contributed by atoms with E-state index in [0.29, 0.717) is 23.2 Å². The Labute approximate surface area is 220 Å². The van der Waals surface area contributed by atoms with Crippen molar-refractivity contribution in [3.8, 4) is 28.6 Å². The van der Waals surface area contributed by atoms with Gasteiger partial charge in [0.25, 0.3) is 5.89 Å². The molecule has 1 atom stereocenters. The predicted octanol–water partition coefficient (Wildman–Crippen LogP) is 6.49. The number of fused-ring (bicyclic) bond motifs is 1. The molecule has 1 aliphatic heterocycles. The lowest BCUT2D eigenvalue weighted by atomic mass is 10.0. The highest BCUT2D eigenvalue weighted by atomic mass is 35.5. The number of hydrogen-bond donors (Lipinski definition) is 1. The second-order valence-corrected chi connectivity index (χ2v) is 10.0. The summed E-state index contributed by atoms with van der Waals surface area (Å²) >= 11 is 5.80. The highest BCUT2D eigenvalue weighted by Crippen LogP contribution is 2.38. The average Bonchev–Trinajstić information content (AvgIpc) is 3.41. The smallest absolute Gasteiger partial charge is 0.465 e. The molecule has 0 aliphatic carbocycles. The molecule has 4 rings (SSSR count). The highest BCUT2D eigenvalue weighted by Gasteiger charge is 2.35. The van der Waals surface area contributed by atoms with Gasteiger partial charge in [-0.2, -0.15) is 4.98 Å². The summed E-state index contributed by atoms with van der Waals surface area (Å²) < 4.78 is 52.4. The van der Waals surface area contributed by atoms with E-state index in [0.717, 1.165) is 6.07 Å². The van der Waals surface area contributed by atoms with E-state index < -0.39 is 35.8 Å². The van der Waals surface area contributed by atoms with Crippen LogP contribution in [0, 0.1) is 0 Å². The first-order chi connectivity index (χ1) is 17.7. The molecule has 0 saturated heterocycles. The van der Waals surface area contributed by atoms with Gasteiger partial charge in [-0.05, 0) is 75.6 Å². The van der Waals surface area contributed by atoms with E-state index in [1.165, 1.54) is 17.0 Å². The summed E-state index contributed by atoms with van der Waals surface area (Å²) in [4.78, 5) is 29.6. The topological polar surface area (TPSA) is 115 Å². The highest BCUT2D eigenvalue weighted by molar-refractivity contribution is 6.32. The quantitative estimate of drug-likeness (QED) is 0.345. The van der Waals surface area contributed by atoms with Crippen molar-refractivity contribution in [2.75, 3.05) is 4.90 Å². The third-order valence-corrected chi connectivity index (χ3v) is 5.87. The van der Waals surface area contributed by atoms with Gasteiger partial charge in [-0.3, -0.25) is 9.69 Å². The third kappa shape index (κ3) is 6.36. The van der Waals surface area contributed by atoms with Crippen molar-refractivity contribution in [3.63, 3.8) is 0 Å². The standard InChI is InChI=1S/C25H23ClF3N3O6/c1-24(2,3)37-20(33)9-6-16-11-15-10-13(5-8-18(15)32(16)23(34)35)21-30-22(38-31-21)14-4-7-17(26)19(12-14)36-25(27,28)29/h4-5,7-8,10,12,16H,6,9,11H2,1-3H3,(H,34,35). The van der Waals surface area contributed by atoms with Gasteiger partial charge < -0.3 is 19.1 Å². The van der Waals surface area contributed by atoms with Crippen molar-refractivity contribution in [3.05, 3.63) is 47.0 Å². The summed E-state index contributed by atoms with van der Waals surface area (Å²) in [6.07, 6.45) is -5.38. The van der Waals surface area contributed by atoms with Crippen molar-refractivity contribution >= 4 is 29.4 Å². The third-order valence-electron chi connectivity index (χ3n) is 5.56. The van der Waals surface area contributed by atoms with E-state index in [4.69, 9.17) is 20.9 Å². The number of alkyl halides is 3. The molecule has 1 unspecified atom stereocenters. The Bertz CT molecular complexity index is 1370. The minimum absolute atomic E-state index is 0.0574. The number of nitrogens with zero attached hydrogens (tertiary/aromatic N) is 3. The van der Waals surface area contributed by atoms with Gasteiger partial charge in [0.1, 0.15) is 11.4 Å². The maximum Gasteiger partial charge on any atom is 0.573 e.